The van der Waals surface area contributed by atoms with E-state index in [-0.39, 0.29) is 10.7 Å². The zero-order valence-corrected chi connectivity index (χ0v) is 20.8. The van der Waals surface area contributed by atoms with Crippen molar-refractivity contribution in [2.24, 2.45) is 0 Å². The molecule has 2 aromatic heterocycles. The first kappa shape index (κ1) is 25.3. The number of nitrogens with zero attached hydrogens (tertiary/aromatic N) is 5. The summed E-state index contributed by atoms with van der Waals surface area (Å²) in [7, 11) is -3.48. The van der Waals surface area contributed by atoms with Gasteiger partial charge in [-0.15, -0.1) is 5.10 Å². The van der Waals surface area contributed by atoms with Crippen LogP contribution in [0, 0.1) is 12.7 Å². The van der Waals surface area contributed by atoms with Crippen molar-refractivity contribution in [3.05, 3.63) is 96.5 Å². The number of imidazole rings is 1. The molecule has 194 valence electrons. The van der Waals surface area contributed by atoms with Gasteiger partial charge in [-0.3, -0.25) is 0 Å². The average molecular weight is 542 g/mol. The minimum atomic E-state index is -4.64. The van der Waals surface area contributed by atoms with Crippen molar-refractivity contribution in [1.82, 2.24) is 24.5 Å². The summed E-state index contributed by atoms with van der Waals surface area (Å²) in [6.45, 7) is 1.45. The minimum Gasteiger partial charge on any atom is -0.301 e. The van der Waals surface area contributed by atoms with E-state index in [1.54, 1.807) is 30.3 Å². The molecule has 0 fully saturated rings. The molecule has 0 radical (unpaired) electrons. The maximum Gasteiger partial charge on any atom is 0.434 e. The molecule has 38 heavy (non-hydrogen) atoms. The highest BCUT2D eigenvalue weighted by molar-refractivity contribution is 7.90. The molecule has 0 saturated heterocycles. The first-order chi connectivity index (χ1) is 17.9. The van der Waals surface area contributed by atoms with E-state index in [1.165, 1.54) is 58.8 Å². The van der Waals surface area contributed by atoms with E-state index in [2.05, 4.69) is 15.3 Å². The fourth-order valence-electron chi connectivity index (χ4n) is 4.07. The number of rotatable bonds is 5. The van der Waals surface area contributed by atoms with Gasteiger partial charge in [-0.05, 0) is 66.6 Å². The van der Waals surface area contributed by atoms with Gasteiger partial charge < -0.3 is 4.57 Å². The third kappa shape index (κ3) is 4.82. The van der Waals surface area contributed by atoms with Crippen LogP contribution in [0.25, 0.3) is 33.8 Å². The van der Waals surface area contributed by atoms with Crippen molar-refractivity contribution in [1.29, 1.82) is 0 Å². The van der Waals surface area contributed by atoms with Gasteiger partial charge in [0.25, 0.3) is 0 Å². The quantitative estimate of drug-likeness (QED) is 0.268. The first-order valence-electron chi connectivity index (χ1n) is 11.2. The second kappa shape index (κ2) is 9.21. The van der Waals surface area contributed by atoms with Gasteiger partial charge in [-0.2, -0.15) is 13.2 Å². The van der Waals surface area contributed by atoms with Crippen molar-refractivity contribution in [2.45, 2.75) is 18.0 Å². The molecule has 0 bridgehead atoms. The summed E-state index contributed by atoms with van der Waals surface area (Å²) >= 11 is 0. The molecule has 5 rings (SSSR count). The molecule has 0 aliphatic carbocycles. The molecule has 3 aromatic carbocycles. The van der Waals surface area contributed by atoms with Crippen molar-refractivity contribution in [3.8, 4) is 33.8 Å². The van der Waals surface area contributed by atoms with Crippen molar-refractivity contribution < 1.29 is 26.0 Å². The SMILES string of the molecule is Cc1nc(C(F)(F)F)cn1-c1ccc(-c2cccc(S(C)(=O)=O)c2)cc1-n1nncc1-c1ccc(F)cc1. The molecule has 0 N–H and O–H groups in total. The molecule has 12 heteroatoms. The second-order valence-corrected chi connectivity index (χ2v) is 10.6. The summed E-state index contributed by atoms with van der Waals surface area (Å²) in [5.74, 6) is -0.344. The summed E-state index contributed by atoms with van der Waals surface area (Å²) in [4.78, 5) is 3.79. The molecule has 2 heterocycles. The average Bonchev–Trinajstić information content (AvgIpc) is 3.51. The molecule has 0 atom stereocenters. The zero-order valence-electron chi connectivity index (χ0n) is 20.0. The van der Waals surface area contributed by atoms with Crippen LogP contribution in [-0.2, 0) is 16.0 Å². The molecule has 5 aromatic rings. The molecule has 0 aliphatic rings. The lowest BCUT2D eigenvalue weighted by Crippen LogP contribution is -2.07. The van der Waals surface area contributed by atoms with Crippen LogP contribution in [-0.4, -0.2) is 39.2 Å². The molecular formula is C26H19F4N5O2S. The molecule has 0 spiro atoms. The van der Waals surface area contributed by atoms with Gasteiger partial charge in [0.15, 0.2) is 15.5 Å². The van der Waals surface area contributed by atoms with E-state index >= 15 is 0 Å². The van der Waals surface area contributed by atoms with Gasteiger partial charge in [0, 0.05) is 18.0 Å². The summed E-state index contributed by atoms with van der Waals surface area (Å²) < 4.78 is 80.8. The number of benzene rings is 3. The van der Waals surface area contributed by atoms with Crippen LogP contribution in [0.2, 0.25) is 0 Å². The van der Waals surface area contributed by atoms with Gasteiger partial charge in [0.05, 0.1) is 28.2 Å². The van der Waals surface area contributed by atoms with E-state index in [4.69, 9.17) is 0 Å². The number of aryl methyl sites for hydroxylation is 1. The van der Waals surface area contributed by atoms with E-state index in [9.17, 15) is 26.0 Å². The van der Waals surface area contributed by atoms with E-state index in [0.717, 1.165) is 12.5 Å². The Hall–Kier alpha value is -4.32. The number of alkyl halides is 3. The van der Waals surface area contributed by atoms with Gasteiger partial charge in [-0.1, -0.05) is 23.4 Å². The molecule has 0 saturated carbocycles. The summed E-state index contributed by atoms with van der Waals surface area (Å²) in [6.07, 6.45) is -1.19. The predicted octanol–water partition coefficient (Wildman–Crippen LogP) is 5.66. The highest BCUT2D eigenvalue weighted by Gasteiger charge is 2.34. The number of hydrogen-bond acceptors (Lipinski definition) is 5. The van der Waals surface area contributed by atoms with Gasteiger partial charge in [-0.25, -0.2) is 22.5 Å². The second-order valence-electron chi connectivity index (χ2n) is 8.58. The Bertz CT molecular complexity index is 1760. The van der Waals surface area contributed by atoms with Crippen LogP contribution in [0.1, 0.15) is 11.5 Å². The maximum atomic E-state index is 13.6. The third-order valence-electron chi connectivity index (χ3n) is 5.92. The molecular weight excluding hydrogens is 522 g/mol. The summed E-state index contributed by atoms with van der Waals surface area (Å²) in [5, 5.41) is 8.15. The minimum absolute atomic E-state index is 0.0915. The van der Waals surface area contributed by atoms with E-state index in [0.29, 0.717) is 33.8 Å². The third-order valence-corrected chi connectivity index (χ3v) is 7.03. The Morgan fingerprint density at radius 2 is 1.55 bits per heavy atom. The van der Waals surface area contributed by atoms with Crippen molar-refractivity contribution in [2.75, 3.05) is 6.26 Å². The smallest absolute Gasteiger partial charge is 0.301 e. The van der Waals surface area contributed by atoms with Crippen LogP contribution >= 0.6 is 0 Å². The number of halogens is 4. The molecule has 7 nitrogen and oxygen atoms in total. The first-order valence-corrected chi connectivity index (χ1v) is 13.1. The lowest BCUT2D eigenvalue weighted by molar-refractivity contribution is -0.141. The Morgan fingerprint density at radius 1 is 0.868 bits per heavy atom. The Kier molecular flexibility index (Phi) is 6.14. The van der Waals surface area contributed by atoms with E-state index < -0.39 is 27.5 Å². The van der Waals surface area contributed by atoms with Crippen molar-refractivity contribution in [3.63, 3.8) is 0 Å². The topological polar surface area (TPSA) is 82.7 Å². The van der Waals surface area contributed by atoms with E-state index in [1.807, 2.05) is 0 Å². The maximum absolute atomic E-state index is 13.6. The van der Waals surface area contributed by atoms with Gasteiger partial charge >= 0.3 is 6.18 Å². The molecule has 0 amide bonds. The Balaban J connectivity index is 1.75. The Labute approximate surface area is 214 Å². The van der Waals surface area contributed by atoms with Crippen LogP contribution in [0.5, 0.6) is 0 Å². The zero-order chi connectivity index (χ0) is 27.2. The molecule has 0 unspecified atom stereocenters. The standard InChI is InChI=1S/C26H19F4N5O2S/c1-16-32-25(26(28,29)30)15-34(16)22-11-8-19(18-4-3-5-21(12-18)38(2,36)37)13-23(22)35-24(14-31-33-35)17-6-9-20(27)10-7-17/h3-15H,1-2H3. The van der Waals surface area contributed by atoms with Gasteiger partial charge in [0.1, 0.15) is 11.6 Å². The van der Waals surface area contributed by atoms with Crippen LogP contribution < -0.4 is 0 Å². The largest absolute Gasteiger partial charge is 0.434 e. The fourth-order valence-corrected chi connectivity index (χ4v) is 4.73. The van der Waals surface area contributed by atoms with Crippen LogP contribution in [0.4, 0.5) is 17.6 Å². The predicted molar refractivity (Wildman–Crippen MR) is 132 cm³/mol. The Morgan fingerprint density at radius 3 is 2.21 bits per heavy atom. The highest BCUT2D eigenvalue weighted by atomic mass is 32.2. The number of hydrogen-bond donors (Lipinski definition) is 0. The fraction of sp³-hybridized carbons (Fsp3) is 0.115. The summed E-state index contributed by atoms with van der Waals surface area (Å²) in [6, 6.07) is 16.9. The lowest BCUT2D eigenvalue weighted by Gasteiger charge is -2.16. The lowest BCUT2D eigenvalue weighted by atomic mass is 10.0. The monoisotopic (exact) mass is 541 g/mol. The summed E-state index contributed by atoms with van der Waals surface area (Å²) in [5.41, 5.74) is 1.81. The number of aromatic nitrogens is 5. The number of sulfone groups is 1. The van der Waals surface area contributed by atoms with Crippen LogP contribution in [0.15, 0.2) is 84.0 Å². The van der Waals surface area contributed by atoms with Gasteiger partial charge in [0.2, 0.25) is 0 Å². The van der Waals surface area contributed by atoms with Crippen molar-refractivity contribution >= 4 is 9.84 Å². The normalized spacial score (nSPS) is 12.2. The van der Waals surface area contributed by atoms with Crippen LogP contribution in [0.3, 0.4) is 0 Å². The molecule has 0 aliphatic heterocycles. The highest BCUT2D eigenvalue weighted by Crippen LogP contribution is 2.34.